The van der Waals surface area contributed by atoms with Crippen LogP contribution in [-0.2, 0) is 16.0 Å². The summed E-state index contributed by atoms with van der Waals surface area (Å²) in [5.74, 6) is -1.05. The van der Waals surface area contributed by atoms with Crippen LogP contribution in [0.25, 0.3) is 10.8 Å². The van der Waals surface area contributed by atoms with E-state index in [1.807, 2.05) is 66.7 Å². The molecule has 0 fully saturated rings. The largest absolute Gasteiger partial charge is 0.497 e. The highest BCUT2D eigenvalue weighted by Gasteiger charge is 2.24. The Morgan fingerprint density at radius 2 is 1.68 bits per heavy atom. The fourth-order valence-corrected chi connectivity index (χ4v) is 3.14. The zero-order valence-corrected chi connectivity index (χ0v) is 15.9. The number of fused-ring (bicyclic) bond motifs is 1. The van der Waals surface area contributed by atoms with Crippen LogP contribution in [0.5, 0.6) is 5.75 Å². The second-order valence-electron chi connectivity index (χ2n) is 6.78. The molecule has 3 aromatic rings. The van der Waals surface area contributed by atoms with Crippen LogP contribution >= 0.6 is 0 Å². The smallest absolute Gasteiger partial charge is 0.326 e. The molecule has 0 aliphatic heterocycles. The van der Waals surface area contributed by atoms with Crippen molar-refractivity contribution in [2.24, 2.45) is 0 Å². The number of aliphatic carboxylic acids is 1. The first-order valence-corrected chi connectivity index (χ1v) is 9.12. The van der Waals surface area contributed by atoms with Crippen molar-refractivity contribution >= 4 is 22.6 Å². The predicted octanol–water partition coefficient (Wildman–Crippen LogP) is 3.76. The third-order valence-corrected chi connectivity index (χ3v) is 4.86. The van der Waals surface area contributed by atoms with Gasteiger partial charge in [0.25, 0.3) is 0 Å². The van der Waals surface area contributed by atoms with Gasteiger partial charge < -0.3 is 15.2 Å². The SMILES string of the molecule is COc1ccc2cc([C@H](C)C(=O)N[C@@H](Cc3ccccc3)C(=O)O)ccc2c1. The van der Waals surface area contributed by atoms with Crippen LogP contribution in [0.3, 0.4) is 0 Å². The molecule has 28 heavy (non-hydrogen) atoms. The average molecular weight is 377 g/mol. The lowest BCUT2D eigenvalue weighted by molar-refractivity contribution is -0.141. The Morgan fingerprint density at radius 3 is 2.36 bits per heavy atom. The summed E-state index contributed by atoms with van der Waals surface area (Å²) in [4.78, 5) is 24.3. The van der Waals surface area contributed by atoms with E-state index >= 15 is 0 Å². The number of methoxy groups -OCH3 is 1. The molecule has 0 saturated heterocycles. The Balaban J connectivity index is 1.75. The maximum atomic E-state index is 12.7. The van der Waals surface area contributed by atoms with Gasteiger partial charge in [0, 0.05) is 6.42 Å². The molecule has 0 bridgehead atoms. The average Bonchev–Trinajstić information content (AvgIpc) is 2.72. The third kappa shape index (κ3) is 4.49. The first-order valence-electron chi connectivity index (χ1n) is 9.12. The Labute approximate surface area is 164 Å². The van der Waals surface area contributed by atoms with Crippen molar-refractivity contribution in [1.82, 2.24) is 5.32 Å². The molecule has 0 saturated carbocycles. The van der Waals surface area contributed by atoms with Gasteiger partial charge in [-0.05, 0) is 41.0 Å². The Bertz CT molecular complexity index is 984. The molecular formula is C23H23NO4. The van der Waals surface area contributed by atoms with Gasteiger partial charge in [0.2, 0.25) is 5.91 Å². The third-order valence-electron chi connectivity index (χ3n) is 4.86. The Kier molecular flexibility index (Phi) is 5.94. The number of carboxylic acid groups (broad SMARTS) is 1. The van der Waals surface area contributed by atoms with Gasteiger partial charge in [0.1, 0.15) is 11.8 Å². The summed E-state index contributed by atoms with van der Waals surface area (Å²) in [5.41, 5.74) is 1.70. The molecule has 1 amide bonds. The van der Waals surface area contributed by atoms with Crippen LogP contribution in [0.1, 0.15) is 24.0 Å². The minimum Gasteiger partial charge on any atom is -0.497 e. The number of benzene rings is 3. The van der Waals surface area contributed by atoms with Gasteiger partial charge in [-0.2, -0.15) is 0 Å². The van der Waals surface area contributed by atoms with E-state index in [-0.39, 0.29) is 12.3 Å². The highest BCUT2D eigenvalue weighted by molar-refractivity contribution is 5.90. The molecular weight excluding hydrogens is 354 g/mol. The number of carbonyl (C=O) groups excluding carboxylic acids is 1. The fourth-order valence-electron chi connectivity index (χ4n) is 3.14. The van der Waals surface area contributed by atoms with Gasteiger partial charge in [0.15, 0.2) is 0 Å². The maximum absolute atomic E-state index is 12.7. The topological polar surface area (TPSA) is 75.6 Å². The van der Waals surface area contributed by atoms with Crippen molar-refractivity contribution in [2.45, 2.75) is 25.3 Å². The van der Waals surface area contributed by atoms with Crippen molar-refractivity contribution in [1.29, 1.82) is 0 Å². The molecule has 0 aromatic heterocycles. The second-order valence-corrected chi connectivity index (χ2v) is 6.78. The monoisotopic (exact) mass is 377 g/mol. The van der Waals surface area contributed by atoms with Crippen LogP contribution < -0.4 is 10.1 Å². The van der Waals surface area contributed by atoms with Crippen LogP contribution in [-0.4, -0.2) is 30.1 Å². The van der Waals surface area contributed by atoms with Gasteiger partial charge >= 0.3 is 5.97 Å². The van der Waals surface area contributed by atoms with Crippen molar-refractivity contribution in [2.75, 3.05) is 7.11 Å². The standard InChI is InChI=1S/C23H23NO4/c1-15(17-8-9-19-14-20(28-2)11-10-18(19)13-17)22(25)24-21(23(26)27)12-16-6-4-3-5-7-16/h3-11,13-15,21H,12H2,1-2H3,(H,24,25)(H,26,27)/t15-,21-/m0/s1. The van der Waals surface area contributed by atoms with Crippen molar-refractivity contribution in [3.63, 3.8) is 0 Å². The van der Waals surface area contributed by atoms with E-state index in [2.05, 4.69) is 5.32 Å². The summed E-state index contributed by atoms with van der Waals surface area (Å²) in [6.07, 6.45) is 0.242. The van der Waals surface area contributed by atoms with Gasteiger partial charge in [-0.1, -0.05) is 54.6 Å². The van der Waals surface area contributed by atoms with Crippen LogP contribution in [0.4, 0.5) is 0 Å². The van der Waals surface area contributed by atoms with E-state index in [1.165, 1.54) is 0 Å². The molecule has 5 nitrogen and oxygen atoms in total. The maximum Gasteiger partial charge on any atom is 0.326 e. The molecule has 0 aliphatic rings. The normalized spacial score (nSPS) is 12.9. The number of hydrogen-bond donors (Lipinski definition) is 2. The van der Waals surface area contributed by atoms with Gasteiger partial charge in [0.05, 0.1) is 13.0 Å². The minimum atomic E-state index is -1.05. The highest BCUT2D eigenvalue weighted by atomic mass is 16.5. The summed E-state index contributed by atoms with van der Waals surface area (Å²) >= 11 is 0. The van der Waals surface area contributed by atoms with Crippen LogP contribution in [0, 0.1) is 0 Å². The lowest BCUT2D eigenvalue weighted by Crippen LogP contribution is -2.44. The van der Waals surface area contributed by atoms with Gasteiger partial charge in [-0.3, -0.25) is 4.79 Å². The summed E-state index contributed by atoms with van der Waals surface area (Å²) < 4.78 is 5.23. The lowest BCUT2D eigenvalue weighted by Gasteiger charge is -2.18. The Hall–Kier alpha value is -3.34. The molecule has 0 unspecified atom stereocenters. The van der Waals surface area contributed by atoms with Gasteiger partial charge in [-0.15, -0.1) is 0 Å². The van der Waals surface area contributed by atoms with Crippen molar-refractivity contribution < 1.29 is 19.4 Å². The number of amides is 1. The quantitative estimate of drug-likeness (QED) is 0.657. The lowest BCUT2D eigenvalue weighted by atomic mass is 9.96. The summed E-state index contributed by atoms with van der Waals surface area (Å²) in [6.45, 7) is 1.78. The number of ether oxygens (including phenoxy) is 1. The van der Waals surface area contributed by atoms with Crippen LogP contribution in [0.15, 0.2) is 66.7 Å². The van der Waals surface area contributed by atoms with E-state index in [0.29, 0.717) is 0 Å². The van der Waals surface area contributed by atoms with Crippen molar-refractivity contribution in [3.8, 4) is 5.75 Å². The molecule has 5 heteroatoms. The second kappa shape index (κ2) is 8.57. The number of carbonyl (C=O) groups is 2. The molecule has 2 atom stereocenters. The molecule has 144 valence electrons. The zero-order chi connectivity index (χ0) is 20.1. The molecule has 3 aromatic carbocycles. The molecule has 0 radical (unpaired) electrons. The number of carboxylic acids is 1. The molecule has 2 N–H and O–H groups in total. The minimum absolute atomic E-state index is 0.242. The summed E-state index contributed by atoms with van der Waals surface area (Å²) in [6, 6.07) is 19.8. The summed E-state index contributed by atoms with van der Waals surface area (Å²) in [5, 5.41) is 14.2. The highest BCUT2D eigenvalue weighted by Crippen LogP contribution is 2.25. The van der Waals surface area contributed by atoms with Gasteiger partial charge in [-0.25, -0.2) is 4.79 Å². The van der Waals surface area contributed by atoms with Crippen LogP contribution in [0.2, 0.25) is 0 Å². The van der Waals surface area contributed by atoms with E-state index in [4.69, 9.17) is 4.74 Å². The molecule has 0 heterocycles. The van der Waals surface area contributed by atoms with Crippen molar-refractivity contribution in [3.05, 3.63) is 77.9 Å². The molecule has 3 rings (SSSR count). The van der Waals surface area contributed by atoms with E-state index in [0.717, 1.165) is 27.6 Å². The number of nitrogens with one attached hydrogen (secondary N) is 1. The first kappa shape index (κ1) is 19.4. The first-order chi connectivity index (χ1) is 13.5. The fraction of sp³-hybridized carbons (Fsp3) is 0.217. The molecule has 0 aliphatic carbocycles. The van der Waals surface area contributed by atoms with E-state index < -0.39 is 17.9 Å². The number of hydrogen-bond acceptors (Lipinski definition) is 3. The molecule has 0 spiro atoms. The zero-order valence-electron chi connectivity index (χ0n) is 15.9. The Morgan fingerprint density at radius 1 is 1.00 bits per heavy atom. The van der Waals surface area contributed by atoms with E-state index in [9.17, 15) is 14.7 Å². The predicted molar refractivity (Wildman–Crippen MR) is 109 cm³/mol. The number of rotatable bonds is 7. The summed E-state index contributed by atoms with van der Waals surface area (Å²) in [7, 11) is 1.62. The van der Waals surface area contributed by atoms with E-state index in [1.54, 1.807) is 14.0 Å².